The molecule has 0 unspecified atom stereocenters. The first kappa shape index (κ1) is 15.3. The summed E-state index contributed by atoms with van der Waals surface area (Å²) in [6, 6.07) is 10.7. The van der Waals surface area contributed by atoms with E-state index in [9.17, 15) is 4.79 Å². The third kappa shape index (κ3) is 4.23. The quantitative estimate of drug-likeness (QED) is 0.928. The Morgan fingerprint density at radius 2 is 1.73 bits per heavy atom. The summed E-state index contributed by atoms with van der Waals surface area (Å²) in [5, 5.41) is 3.13. The summed E-state index contributed by atoms with van der Waals surface area (Å²) in [5.41, 5.74) is 1.35. The predicted octanol–water partition coefficient (Wildman–Crippen LogP) is 2.70. The lowest BCUT2D eigenvalue weighted by molar-refractivity contribution is 0.134. The Balaban J connectivity index is 1.38. The standard InChI is InChI=1S/C18H27N3O/c22-18(19-14-16-6-4-5-7-16)21-12-10-20(11-13-21)15-17-8-2-1-3-9-17/h1-3,8-9,16H,4-7,10-15H2,(H,19,22). The lowest BCUT2D eigenvalue weighted by atomic mass is 10.1. The summed E-state index contributed by atoms with van der Waals surface area (Å²) >= 11 is 0. The molecule has 1 saturated heterocycles. The van der Waals surface area contributed by atoms with Crippen molar-refractivity contribution in [3.63, 3.8) is 0 Å². The summed E-state index contributed by atoms with van der Waals surface area (Å²) in [7, 11) is 0. The van der Waals surface area contributed by atoms with E-state index in [-0.39, 0.29) is 6.03 Å². The van der Waals surface area contributed by atoms with Gasteiger partial charge in [-0.1, -0.05) is 43.2 Å². The van der Waals surface area contributed by atoms with Gasteiger partial charge in [0.1, 0.15) is 0 Å². The van der Waals surface area contributed by atoms with Gasteiger partial charge in [-0.2, -0.15) is 0 Å². The van der Waals surface area contributed by atoms with Crippen LogP contribution in [0.15, 0.2) is 30.3 Å². The summed E-state index contributed by atoms with van der Waals surface area (Å²) < 4.78 is 0. The highest BCUT2D eigenvalue weighted by molar-refractivity contribution is 5.74. The second-order valence-electron chi connectivity index (χ2n) is 6.59. The summed E-state index contributed by atoms with van der Waals surface area (Å²) in [5.74, 6) is 0.711. The van der Waals surface area contributed by atoms with E-state index < -0.39 is 0 Å². The zero-order valence-corrected chi connectivity index (χ0v) is 13.3. The van der Waals surface area contributed by atoms with E-state index in [1.54, 1.807) is 0 Å². The van der Waals surface area contributed by atoms with Gasteiger partial charge in [0.15, 0.2) is 0 Å². The molecule has 3 rings (SSSR count). The van der Waals surface area contributed by atoms with Crippen LogP contribution in [0.25, 0.3) is 0 Å². The predicted molar refractivity (Wildman–Crippen MR) is 88.6 cm³/mol. The first-order chi connectivity index (χ1) is 10.8. The first-order valence-corrected chi connectivity index (χ1v) is 8.60. The van der Waals surface area contributed by atoms with Crippen molar-refractivity contribution in [2.45, 2.75) is 32.2 Å². The number of urea groups is 1. The average molecular weight is 301 g/mol. The van der Waals surface area contributed by atoms with Crippen molar-refractivity contribution in [1.29, 1.82) is 0 Å². The van der Waals surface area contributed by atoms with Gasteiger partial charge in [0.05, 0.1) is 0 Å². The number of hydrogen-bond donors (Lipinski definition) is 1. The van der Waals surface area contributed by atoms with Crippen LogP contribution >= 0.6 is 0 Å². The summed E-state index contributed by atoms with van der Waals surface area (Å²) in [6.45, 7) is 5.45. The molecule has 4 nitrogen and oxygen atoms in total. The third-order valence-corrected chi connectivity index (χ3v) is 4.93. The number of nitrogens with one attached hydrogen (secondary N) is 1. The summed E-state index contributed by atoms with van der Waals surface area (Å²) in [4.78, 5) is 16.6. The Bertz CT molecular complexity index is 462. The minimum Gasteiger partial charge on any atom is -0.338 e. The van der Waals surface area contributed by atoms with Crippen LogP contribution in [0.4, 0.5) is 4.79 Å². The number of benzene rings is 1. The van der Waals surface area contributed by atoms with Crippen LogP contribution < -0.4 is 5.32 Å². The van der Waals surface area contributed by atoms with Crippen LogP contribution in [0, 0.1) is 5.92 Å². The smallest absolute Gasteiger partial charge is 0.317 e. The number of amides is 2. The molecule has 1 aromatic rings. The van der Waals surface area contributed by atoms with Gasteiger partial charge in [-0.15, -0.1) is 0 Å². The molecule has 1 saturated carbocycles. The van der Waals surface area contributed by atoms with E-state index >= 15 is 0 Å². The molecule has 1 aliphatic carbocycles. The number of nitrogens with zero attached hydrogens (tertiary/aromatic N) is 2. The molecule has 1 aromatic carbocycles. The molecule has 0 radical (unpaired) electrons. The molecule has 22 heavy (non-hydrogen) atoms. The molecule has 1 aliphatic heterocycles. The molecule has 120 valence electrons. The lowest BCUT2D eigenvalue weighted by Gasteiger charge is -2.35. The van der Waals surface area contributed by atoms with E-state index in [2.05, 4.69) is 40.5 Å². The Morgan fingerprint density at radius 3 is 2.41 bits per heavy atom. The fourth-order valence-electron chi connectivity index (χ4n) is 3.51. The molecule has 2 amide bonds. The average Bonchev–Trinajstić information content (AvgIpc) is 3.08. The highest BCUT2D eigenvalue weighted by Crippen LogP contribution is 2.23. The van der Waals surface area contributed by atoms with Crippen molar-refractivity contribution in [2.75, 3.05) is 32.7 Å². The highest BCUT2D eigenvalue weighted by Gasteiger charge is 2.22. The highest BCUT2D eigenvalue weighted by atomic mass is 16.2. The molecule has 1 N–H and O–H groups in total. The van der Waals surface area contributed by atoms with Crippen molar-refractivity contribution < 1.29 is 4.79 Å². The fraction of sp³-hybridized carbons (Fsp3) is 0.611. The molecule has 1 heterocycles. The summed E-state index contributed by atoms with van der Waals surface area (Å²) in [6.07, 6.45) is 5.23. The minimum atomic E-state index is 0.131. The van der Waals surface area contributed by atoms with Crippen molar-refractivity contribution in [1.82, 2.24) is 15.1 Å². The number of piperazine rings is 1. The SMILES string of the molecule is O=C(NCC1CCCC1)N1CCN(Cc2ccccc2)CC1. The van der Waals surface area contributed by atoms with E-state index in [4.69, 9.17) is 0 Å². The number of carbonyl (C=O) groups excluding carboxylic acids is 1. The molecule has 2 aliphatic rings. The van der Waals surface area contributed by atoms with E-state index in [0.717, 1.165) is 39.3 Å². The van der Waals surface area contributed by atoms with E-state index in [1.807, 2.05) is 4.90 Å². The molecule has 0 spiro atoms. The van der Waals surface area contributed by atoms with Gasteiger partial charge in [0.2, 0.25) is 0 Å². The van der Waals surface area contributed by atoms with E-state index in [0.29, 0.717) is 5.92 Å². The maximum Gasteiger partial charge on any atom is 0.317 e. The maximum absolute atomic E-state index is 12.2. The molecule has 0 atom stereocenters. The van der Waals surface area contributed by atoms with Crippen LogP contribution in [0.2, 0.25) is 0 Å². The molecule has 0 aromatic heterocycles. The first-order valence-electron chi connectivity index (χ1n) is 8.60. The molecule has 0 bridgehead atoms. The van der Waals surface area contributed by atoms with Gasteiger partial charge in [-0.25, -0.2) is 4.79 Å². The van der Waals surface area contributed by atoms with Crippen molar-refractivity contribution in [3.05, 3.63) is 35.9 Å². The second-order valence-corrected chi connectivity index (χ2v) is 6.59. The fourth-order valence-corrected chi connectivity index (χ4v) is 3.51. The van der Waals surface area contributed by atoms with Gasteiger partial charge in [-0.05, 0) is 24.3 Å². The number of rotatable bonds is 4. The Kier molecular flexibility index (Phi) is 5.33. The normalized spacial score (nSPS) is 20.3. The van der Waals surface area contributed by atoms with Gasteiger partial charge in [0.25, 0.3) is 0 Å². The van der Waals surface area contributed by atoms with Crippen LogP contribution in [0.1, 0.15) is 31.2 Å². The minimum absolute atomic E-state index is 0.131. The monoisotopic (exact) mass is 301 g/mol. The number of hydrogen-bond acceptors (Lipinski definition) is 2. The van der Waals surface area contributed by atoms with Crippen molar-refractivity contribution >= 4 is 6.03 Å². The Hall–Kier alpha value is -1.55. The van der Waals surface area contributed by atoms with Crippen molar-refractivity contribution in [3.8, 4) is 0 Å². The number of carbonyl (C=O) groups is 1. The third-order valence-electron chi connectivity index (χ3n) is 4.93. The van der Waals surface area contributed by atoms with Crippen LogP contribution in [-0.2, 0) is 6.54 Å². The van der Waals surface area contributed by atoms with Crippen LogP contribution in [0.5, 0.6) is 0 Å². The van der Waals surface area contributed by atoms with Gasteiger partial charge in [-0.3, -0.25) is 4.90 Å². The Labute approximate surface area is 133 Å². The molecule has 4 heteroatoms. The molecular formula is C18H27N3O. The zero-order valence-electron chi connectivity index (χ0n) is 13.3. The molecule has 2 fully saturated rings. The topological polar surface area (TPSA) is 35.6 Å². The maximum atomic E-state index is 12.2. The van der Waals surface area contributed by atoms with Gasteiger partial charge >= 0.3 is 6.03 Å². The molecular weight excluding hydrogens is 274 g/mol. The van der Waals surface area contributed by atoms with Crippen LogP contribution in [0.3, 0.4) is 0 Å². The van der Waals surface area contributed by atoms with Crippen LogP contribution in [-0.4, -0.2) is 48.6 Å². The lowest BCUT2D eigenvalue weighted by Crippen LogP contribution is -2.51. The van der Waals surface area contributed by atoms with Crippen molar-refractivity contribution in [2.24, 2.45) is 5.92 Å². The zero-order chi connectivity index (χ0) is 15.2. The second kappa shape index (κ2) is 7.63. The largest absolute Gasteiger partial charge is 0.338 e. The van der Waals surface area contributed by atoms with E-state index in [1.165, 1.54) is 31.2 Å². The van der Waals surface area contributed by atoms with Gasteiger partial charge < -0.3 is 10.2 Å². The Morgan fingerprint density at radius 1 is 1.05 bits per heavy atom. The van der Waals surface area contributed by atoms with Gasteiger partial charge in [0, 0.05) is 39.3 Å².